The average molecular weight is 351 g/mol. The van der Waals surface area contributed by atoms with Crippen LogP contribution in [-0.2, 0) is 15.9 Å². The first kappa shape index (κ1) is 14.3. The predicted molar refractivity (Wildman–Crippen MR) is 80.2 cm³/mol. The number of benzene rings is 1. The summed E-state index contributed by atoms with van der Waals surface area (Å²) in [6, 6.07) is 7.92. The van der Waals surface area contributed by atoms with Crippen molar-refractivity contribution in [3.63, 3.8) is 0 Å². The number of hydrogen-bond donors (Lipinski definition) is 1. The molecule has 110 valence electrons. The molecule has 1 N–H and O–H groups in total. The second-order valence-electron chi connectivity index (χ2n) is 4.74. The normalized spacial score (nSPS) is 17.3. The maximum atomic E-state index is 11.9. The van der Waals surface area contributed by atoms with Crippen molar-refractivity contribution in [1.29, 1.82) is 0 Å². The Kier molecular flexibility index (Phi) is 4.07. The summed E-state index contributed by atoms with van der Waals surface area (Å²) in [7, 11) is 0. The molecule has 0 saturated heterocycles. The summed E-state index contributed by atoms with van der Waals surface area (Å²) >= 11 is 3.46. The number of carbonyl (C=O) groups excluding carboxylic acids is 1. The molecule has 3 rings (SSSR count). The van der Waals surface area contributed by atoms with E-state index < -0.39 is 0 Å². The minimum atomic E-state index is -0.384. The Morgan fingerprint density at radius 2 is 2.43 bits per heavy atom. The standard InChI is InChI=1S/C15H15BrN2O3/c1-2-20-15(19)13-11-6-7-21-14(12(11)17-18-13)9-4-3-5-10(16)8-9/h3-5,8,14H,2,6-7H2,1H3,(H,17,18). The number of aromatic amines is 1. The Balaban J connectivity index is 1.98. The Labute approximate surface area is 130 Å². The molecular weight excluding hydrogens is 336 g/mol. The van der Waals surface area contributed by atoms with Gasteiger partial charge >= 0.3 is 5.97 Å². The molecule has 2 heterocycles. The predicted octanol–water partition coefficient (Wildman–Crippen LogP) is 3.01. The molecule has 5 nitrogen and oxygen atoms in total. The fourth-order valence-electron chi connectivity index (χ4n) is 2.51. The lowest BCUT2D eigenvalue weighted by Gasteiger charge is -2.23. The molecule has 0 fully saturated rings. The topological polar surface area (TPSA) is 64.2 Å². The first-order chi connectivity index (χ1) is 10.2. The number of rotatable bonds is 3. The smallest absolute Gasteiger partial charge is 0.359 e. The third-order valence-electron chi connectivity index (χ3n) is 3.42. The van der Waals surface area contributed by atoms with Crippen molar-refractivity contribution in [2.24, 2.45) is 0 Å². The Bertz CT molecular complexity index is 669. The highest BCUT2D eigenvalue weighted by Crippen LogP contribution is 2.33. The van der Waals surface area contributed by atoms with Crippen LogP contribution >= 0.6 is 15.9 Å². The van der Waals surface area contributed by atoms with Crippen molar-refractivity contribution in [3.05, 3.63) is 51.3 Å². The summed E-state index contributed by atoms with van der Waals surface area (Å²) in [5.41, 5.74) is 3.12. The Morgan fingerprint density at radius 1 is 1.57 bits per heavy atom. The maximum Gasteiger partial charge on any atom is 0.359 e. The van der Waals surface area contributed by atoms with Gasteiger partial charge in [0.1, 0.15) is 6.10 Å². The molecule has 0 radical (unpaired) electrons. The van der Waals surface area contributed by atoms with E-state index in [2.05, 4.69) is 26.1 Å². The molecule has 1 aliphatic heterocycles. The van der Waals surface area contributed by atoms with Crippen molar-refractivity contribution < 1.29 is 14.3 Å². The van der Waals surface area contributed by atoms with E-state index in [0.29, 0.717) is 25.3 Å². The number of H-pyrrole nitrogens is 1. The van der Waals surface area contributed by atoms with Gasteiger partial charge in [0.05, 0.1) is 18.9 Å². The van der Waals surface area contributed by atoms with Crippen LogP contribution in [0.1, 0.15) is 40.3 Å². The van der Waals surface area contributed by atoms with Crippen molar-refractivity contribution in [1.82, 2.24) is 10.2 Å². The van der Waals surface area contributed by atoms with Crippen molar-refractivity contribution in [3.8, 4) is 0 Å². The summed E-state index contributed by atoms with van der Waals surface area (Å²) in [5, 5.41) is 7.07. The van der Waals surface area contributed by atoms with Crippen LogP contribution in [0.25, 0.3) is 0 Å². The van der Waals surface area contributed by atoms with E-state index >= 15 is 0 Å². The average Bonchev–Trinajstić information content (AvgIpc) is 2.91. The van der Waals surface area contributed by atoms with Crippen LogP contribution in [0.15, 0.2) is 28.7 Å². The highest BCUT2D eigenvalue weighted by atomic mass is 79.9. The minimum Gasteiger partial charge on any atom is -0.461 e. The van der Waals surface area contributed by atoms with Crippen molar-refractivity contribution >= 4 is 21.9 Å². The molecule has 0 aliphatic carbocycles. The molecule has 0 saturated carbocycles. The number of nitrogens with one attached hydrogen (secondary N) is 1. The monoisotopic (exact) mass is 350 g/mol. The fourth-order valence-corrected chi connectivity index (χ4v) is 2.93. The van der Waals surface area contributed by atoms with Gasteiger partial charge in [0.2, 0.25) is 0 Å². The summed E-state index contributed by atoms with van der Waals surface area (Å²) in [6.45, 7) is 2.67. The number of nitrogens with zero attached hydrogens (tertiary/aromatic N) is 1. The van der Waals surface area contributed by atoms with Gasteiger partial charge in [-0.2, -0.15) is 5.10 Å². The van der Waals surface area contributed by atoms with Crippen LogP contribution in [0, 0.1) is 0 Å². The van der Waals surface area contributed by atoms with Crippen LogP contribution in [0.5, 0.6) is 0 Å². The van der Waals surface area contributed by atoms with Crippen LogP contribution < -0.4 is 0 Å². The lowest BCUT2D eigenvalue weighted by atomic mass is 9.98. The van der Waals surface area contributed by atoms with Crippen LogP contribution in [-0.4, -0.2) is 29.4 Å². The summed E-state index contributed by atoms with van der Waals surface area (Å²) in [6.07, 6.45) is 0.423. The summed E-state index contributed by atoms with van der Waals surface area (Å²) in [4.78, 5) is 11.9. The van der Waals surface area contributed by atoms with E-state index in [4.69, 9.17) is 9.47 Å². The molecule has 6 heteroatoms. The molecule has 0 spiro atoms. The van der Waals surface area contributed by atoms with Crippen molar-refractivity contribution in [2.45, 2.75) is 19.4 Å². The molecule has 1 atom stereocenters. The second kappa shape index (κ2) is 5.99. The van der Waals surface area contributed by atoms with E-state index in [1.807, 2.05) is 24.3 Å². The zero-order valence-electron chi connectivity index (χ0n) is 11.6. The second-order valence-corrected chi connectivity index (χ2v) is 5.66. The molecule has 1 aromatic carbocycles. The molecule has 0 bridgehead atoms. The maximum absolute atomic E-state index is 11.9. The van der Waals surface area contributed by atoms with Crippen LogP contribution in [0.2, 0.25) is 0 Å². The molecule has 2 aromatic rings. The number of esters is 1. The highest BCUT2D eigenvalue weighted by molar-refractivity contribution is 9.10. The van der Waals surface area contributed by atoms with Gasteiger partial charge in [-0.15, -0.1) is 0 Å². The number of aromatic nitrogens is 2. The van der Waals surface area contributed by atoms with Gasteiger partial charge in [-0.1, -0.05) is 28.1 Å². The highest BCUT2D eigenvalue weighted by Gasteiger charge is 2.30. The van der Waals surface area contributed by atoms with Gasteiger partial charge in [0.25, 0.3) is 0 Å². The Morgan fingerprint density at radius 3 is 3.19 bits per heavy atom. The van der Waals surface area contributed by atoms with Crippen LogP contribution in [0.3, 0.4) is 0 Å². The van der Waals surface area contributed by atoms with E-state index in [1.165, 1.54) is 0 Å². The van der Waals surface area contributed by atoms with Gasteiger partial charge < -0.3 is 9.47 Å². The summed E-state index contributed by atoms with van der Waals surface area (Å²) in [5.74, 6) is -0.384. The van der Waals surface area contributed by atoms with Gasteiger partial charge in [0, 0.05) is 16.5 Å². The van der Waals surface area contributed by atoms with Gasteiger partial charge in [-0.25, -0.2) is 4.79 Å². The molecule has 21 heavy (non-hydrogen) atoms. The first-order valence-corrected chi connectivity index (χ1v) is 7.61. The van der Waals surface area contributed by atoms with E-state index in [9.17, 15) is 4.79 Å². The van der Waals surface area contributed by atoms with Crippen LogP contribution in [0.4, 0.5) is 0 Å². The first-order valence-electron chi connectivity index (χ1n) is 6.82. The fraction of sp³-hybridized carbons (Fsp3) is 0.333. The number of fused-ring (bicyclic) bond motifs is 1. The van der Waals surface area contributed by atoms with E-state index in [0.717, 1.165) is 21.3 Å². The molecular formula is C15H15BrN2O3. The molecule has 1 aliphatic rings. The SMILES string of the molecule is CCOC(=O)c1n[nH]c2c1CCOC2c1cccc(Br)c1. The van der Waals surface area contributed by atoms with Gasteiger partial charge in [-0.3, -0.25) is 5.10 Å². The third-order valence-corrected chi connectivity index (χ3v) is 3.91. The molecule has 1 unspecified atom stereocenters. The number of halogens is 1. The number of hydrogen-bond acceptors (Lipinski definition) is 4. The van der Waals surface area contributed by atoms with E-state index in [-0.39, 0.29) is 12.1 Å². The summed E-state index contributed by atoms with van der Waals surface area (Å²) < 4.78 is 11.9. The zero-order valence-corrected chi connectivity index (χ0v) is 13.1. The number of ether oxygens (including phenoxy) is 2. The lowest BCUT2D eigenvalue weighted by Crippen LogP contribution is -2.19. The van der Waals surface area contributed by atoms with Crippen molar-refractivity contribution in [2.75, 3.05) is 13.2 Å². The molecule has 0 amide bonds. The molecule has 1 aromatic heterocycles. The van der Waals surface area contributed by atoms with Gasteiger partial charge in [0.15, 0.2) is 5.69 Å². The quantitative estimate of drug-likeness (QED) is 0.864. The number of carbonyl (C=O) groups is 1. The lowest BCUT2D eigenvalue weighted by molar-refractivity contribution is 0.0510. The van der Waals surface area contributed by atoms with E-state index in [1.54, 1.807) is 6.92 Å². The third kappa shape index (κ3) is 2.73. The minimum absolute atomic E-state index is 0.234. The Hall–Kier alpha value is -1.66. The zero-order chi connectivity index (χ0) is 14.8. The van der Waals surface area contributed by atoms with Gasteiger partial charge in [-0.05, 0) is 24.6 Å². The largest absolute Gasteiger partial charge is 0.461 e.